The molecule has 1 unspecified atom stereocenters. The first-order chi connectivity index (χ1) is 5.05. The highest BCUT2D eigenvalue weighted by atomic mass is 16.3. The van der Waals surface area contributed by atoms with Gasteiger partial charge in [-0.15, -0.1) is 0 Å². The third-order valence-corrected chi connectivity index (χ3v) is 2.19. The number of aliphatic hydroxyl groups excluding tert-OH is 1. The van der Waals surface area contributed by atoms with Crippen LogP contribution in [0.4, 0.5) is 0 Å². The largest absolute Gasteiger partial charge is 0.391 e. The van der Waals surface area contributed by atoms with Gasteiger partial charge in [0.1, 0.15) is 0 Å². The monoisotopic (exact) mass is 154 g/mol. The highest BCUT2D eigenvalue weighted by molar-refractivity contribution is 4.88. The Morgan fingerprint density at radius 1 is 1.55 bits per heavy atom. The summed E-state index contributed by atoms with van der Waals surface area (Å²) in [5.74, 6) is 0. The molecule has 0 aliphatic rings. The van der Waals surface area contributed by atoms with Gasteiger partial charge in [0.05, 0.1) is 18.0 Å². The molecule has 1 aromatic heterocycles. The lowest BCUT2D eigenvalue weighted by Gasteiger charge is -2.29. The second-order valence-corrected chi connectivity index (χ2v) is 3.30. The third-order valence-electron chi connectivity index (χ3n) is 2.19. The van der Waals surface area contributed by atoms with E-state index in [1.54, 1.807) is 19.4 Å². The van der Waals surface area contributed by atoms with Crippen LogP contribution in [0.3, 0.4) is 0 Å². The van der Waals surface area contributed by atoms with Crippen molar-refractivity contribution < 1.29 is 5.11 Å². The molecular formula is C8H14N2O. The van der Waals surface area contributed by atoms with Crippen LogP contribution in [0.1, 0.15) is 20.8 Å². The molecule has 0 fully saturated rings. The topological polar surface area (TPSA) is 38.0 Å². The Labute approximate surface area is 66.7 Å². The zero-order chi connectivity index (χ0) is 8.48. The average molecular weight is 154 g/mol. The Hall–Kier alpha value is -0.830. The van der Waals surface area contributed by atoms with E-state index in [0.717, 1.165) is 0 Å². The number of hydrogen-bond donors (Lipinski definition) is 1. The van der Waals surface area contributed by atoms with Crippen molar-refractivity contribution in [3.8, 4) is 0 Å². The van der Waals surface area contributed by atoms with Gasteiger partial charge in [-0.2, -0.15) is 0 Å². The van der Waals surface area contributed by atoms with E-state index < -0.39 is 0 Å². The maximum absolute atomic E-state index is 9.40. The predicted octanol–water partition coefficient (Wildman–Crippen LogP) is 0.999. The lowest BCUT2D eigenvalue weighted by molar-refractivity contribution is 0.0733. The van der Waals surface area contributed by atoms with Crippen LogP contribution in [0.2, 0.25) is 0 Å². The van der Waals surface area contributed by atoms with E-state index in [-0.39, 0.29) is 11.6 Å². The van der Waals surface area contributed by atoms with Crippen LogP contribution in [0, 0.1) is 0 Å². The first-order valence-electron chi connectivity index (χ1n) is 3.71. The van der Waals surface area contributed by atoms with Crippen LogP contribution in [-0.4, -0.2) is 20.8 Å². The Morgan fingerprint density at radius 3 is 2.55 bits per heavy atom. The summed E-state index contributed by atoms with van der Waals surface area (Å²) in [6, 6.07) is 0. The Kier molecular flexibility index (Phi) is 2.00. The quantitative estimate of drug-likeness (QED) is 0.690. The fourth-order valence-corrected chi connectivity index (χ4v) is 0.816. The average Bonchev–Trinajstić information content (AvgIpc) is 2.37. The van der Waals surface area contributed by atoms with Crippen molar-refractivity contribution in [1.29, 1.82) is 0 Å². The van der Waals surface area contributed by atoms with Gasteiger partial charge in [0, 0.05) is 12.4 Å². The summed E-state index contributed by atoms with van der Waals surface area (Å²) in [5.41, 5.74) is -0.267. The molecule has 3 nitrogen and oxygen atoms in total. The normalized spacial score (nSPS) is 14.9. The lowest BCUT2D eigenvalue weighted by atomic mass is 9.99. The van der Waals surface area contributed by atoms with Gasteiger partial charge in [0.2, 0.25) is 0 Å². The molecule has 1 aromatic rings. The van der Waals surface area contributed by atoms with Crippen LogP contribution >= 0.6 is 0 Å². The van der Waals surface area contributed by atoms with Crippen molar-refractivity contribution in [3.05, 3.63) is 18.7 Å². The number of imidazole rings is 1. The molecule has 1 N–H and O–H groups in total. The van der Waals surface area contributed by atoms with Gasteiger partial charge in [0.15, 0.2) is 0 Å². The Bertz CT molecular complexity index is 214. The summed E-state index contributed by atoms with van der Waals surface area (Å²) < 4.78 is 1.90. The Balaban J connectivity index is 2.90. The van der Waals surface area contributed by atoms with Gasteiger partial charge < -0.3 is 9.67 Å². The smallest absolute Gasteiger partial charge is 0.0951 e. The molecule has 0 saturated heterocycles. The third kappa shape index (κ3) is 1.43. The first kappa shape index (κ1) is 8.27. The number of nitrogens with zero attached hydrogens (tertiary/aromatic N) is 2. The SMILES string of the molecule is CC(O)C(C)(C)n1ccnc1. The molecule has 0 amide bonds. The molecule has 1 rings (SSSR count). The van der Waals surface area contributed by atoms with Crippen molar-refractivity contribution in [3.63, 3.8) is 0 Å². The van der Waals surface area contributed by atoms with Gasteiger partial charge in [0.25, 0.3) is 0 Å². The molecule has 0 saturated carbocycles. The molecule has 62 valence electrons. The van der Waals surface area contributed by atoms with E-state index in [0.29, 0.717) is 0 Å². The van der Waals surface area contributed by atoms with E-state index in [9.17, 15) is 5.11 Å². The van der Waals surface area contributed by atoms with Crippen LogP contribution < -0.4 is 0 Å². The molecular weight excluding hydrogens is 140 g/mol. The van der Waals surface area contributed by atoms with Gasteiger partial charge in [-0.05, 0) is 20.8 Å². The van der Waals surface area contributed by atoms with Crippen LogP contribution in [0.5, 0.6) is 0 Å². The van der Waals surface area contributed by atoms with E-state index in [2.05, 4.69) is 4.98 Å². The number of rotatable bonds is 2. The van der Waals surface area contributed by atoms with Crippen molar-refractivity contribution in [2.24, 2.45) is 0 Å². The van der Waals surface area contributed by atoms with E-state index in [4.69, 9.17) is 0 Å². The standard InChI is InChI=1S/C8H14N2O/c1-7(11)8(2,3)10-5-4-9-6-10/h4-7,11H,1-3H3. The number of aliphatic hydroxyl groups is 1. The first-order valence-corrected chi connectivity index (χ1v) is 3.71. The maximum atomic E-state index is 9.40. The highest BCUT2D eigenvalue weighted by Gasteiger charge is 2.24. The summed E-state index contributed by atoms with van der Waals surface area (Å²) in [6.07, 6.45) is 4.90. The molecule has 11 heavy (non-hydrogen) atoms. The zero-order valence-corrected chi connectivity index (χ0v) is 7.15. The van der Waals surface area contributed by atoms with Crippen molar-refractivity contribution in [2.75, 3.05) is 0 Å². The molecule has 3 heteroatoms. The van der Waals surface area contributed by atoms with Crippen LogP contribution in [0.15, 0.2) is 18.7 Å². The summed E-state index contributed by atoms with van der Waals surface area (Å²) in [4.78, 5) is 3.92. The van der Waals surface area contributed by atoms with Gasteiger partial charge >= 0.3 is 0 Å². The van der Waals surface area contributed by atoms with Gasteiger partial charge in [-0.3, -0.25) is 0 Å². The zero-order valence-electron chi connectivity index (χ0n) is 7.15. The van der Waals surface area contributed by atoms with E-state index in [1.807, 2.05) is 24.6 Å². The summed E-state index contributed by atoms with van der Waals surface area (Å²) in [6.45, 7) is 5.72. The van der Waals surface area contributed by atoms with E-state index >= 15 is 0 Å². The minimum atomic E-state index is -0.378. The fraction of sp³-hybridized carbons (Fsp3) is 0.625. The van der Waals surface area contributed by atoms with Crippen molar-refractivity contribution in [1.82, 2.24) is 9.55 Å². The second kappa shape index (κ2) is 2.66. The minimum absolute atomic E-state index is 0.267. The van der Waals surface area contributed by atoms with E-state index in [1.165, 1.54) is 0 Å². The second-order valence-electron chi connectivity index (χ2n) is 3.30. The van der Waals surface area contributed by atoms with Gasteiger partial charge in [-0.25, -0.2) is 4.98 Å². The number of aromatic nitrogens is 2. The lowest BCUT2D eigenvalue weighted by Crippen LogP contribution is -2.36. The summed E-state index contributed by atoms with van der Waals surface area (Å²) in [7, 11) is 0. The minimum Gasteiger partial charge on any atom is -0.391 e. The molecule has 1 atom stereocenters. The molecule has 0 spiro atoms. The molecule has 0 aliphatic heterocycles. The summed E-state index contributed by atoms with van der Waals surface area (Å²) >= 11 is 0. The van der Waals surface area contributed by atoms with Crippen LogP contribution in [0.25, 0.3) is 0 Å². The number of hydrogen-bond acceptors (Lipinski definition) is 2. The maximum Gasteiger partial charge on any atom is 0.0951 e. The molecule has 1 heterocycles. The fourth-order valence-electron chi connectivity index (χ4n) is 0.816. The molecule has 0 radical (unpaired) electrons. The van der Waals surface area contributed by atoms with Crippen LogP contribution in [-0.2, 0) is 5.54 Å². The molecule has 0 aliphatic carbocycles. The van der Waals surface area contributed by atoms with Crippen molar-refractivity contribution in [2.45, 2.75) is 32.4 Å². The summed E-state index contributed by atoms with van der Waals surface area (Å²) in [5, 5.41) is 9.40. The molecule has 0 aromatic carbocycles. The highest BCUT2D eigenvalue weighted by Crippen LogP contribution is 2.18. The van der Waals surface area contributed by atoms with Crippen molar-refractivity contribution >= 4 is 0 Å². The van der Waals surface area contributed by atoms with Gasteiger partial charge in [-0.1, -0.05) is 0 Å². The molecule has 0 bridgehead atoms. The predicted molar refractivity (Wildman–Crippen MR) is 43.2 cm³/mol. The Morgan fingerprint density at radius 2 is 2.18 bits per heavy atom.